The molecule has 0 amide bonds. The van der Waals surface area contributed by atoms with Crippen molar-refractivity contribution in [2.45, 2.75) is 32.1 Å². The normalized spacial score (nSPS) is 18.6. The van der Waals surface area contributed by atoms with Crippen molar-refractivity contribution in [1.29, 1.82) is 0 Å². The van der Waals surface area contributed by atoms with E-state index in [0.717, 1.165) is 25.0 Å². The third kappa shape index (κ3) is 1.83. The number of fused-ring (bicyclic) bond motifs is 1. The molecule has 3 nitrogen and oxygen atoms in total. The monoisotopic (exact) mass is 244 g/mol. The minimum atomic E-state index is 0.0805. The number of aryl methyl sites for hydroxylation is 1. The van der Waals surface area contributed by atoms with E-state index in [-0.39, 0.29) is 12.0 Å². The summed E-state index contributed by atoms with van der Waals surface area (Å²) in [4.78, 5) is 0. The summed E-state index contributed by atoms with van der Waals surface area (Å²) in [7, 11) is 1.99. The predicted molar refractivity (Wildman–Crippen MR) is 72.4 cm³/mol. The minimum Gasteiger partial charge on any atom is -0.396 e. The number of nitrogens with zero attached hydrogens (tertiary/aromatic N) is 2. The summed E-state index contributed by atoms with van der Waals surface area (Å²) in [6, 6.07) is 8.35. The fraction of sp³-hybridized carbons (Fsp3) is 0.533. The number of aliphatic hydroxyl groups is 1. The van der Waals surface area contributed by atoms with E-state index >= 15 is 0 Å². The maximum absolute atomic E-state index is 9.72. The second-order valence-corrected chi connectivity index (χ2v) is 5.63. The van der Waals surface area contributed by atoms with Crippen molar-refractivity contribution in [2.75, 3.05) is 6.61 Å². The molecule has 0 aliphatic heterocycles. The van der Waals surface area contributed by atoms with Crippen LogP contribution in [0, 0.1) is 5.41 Å². The Morgan fingerprint density at radius 3 is 2.72 bits per heavy atom. The van der Waals surface area contributed by atoms with Gasteiger partial charge in [0.15, 0.2) is 0 Å². The largest absolute Gasteiger partial charge is 0.396 e. The van der Waals surface area contributed by atoms with E-state index in [4.69, 9.17) is 0 Å². The van der Waals surface area contributed by atoms with Crippen LogP contribution < -0.4 is 0 Å². The molecule has 3 heteroatoms. The molecule has 0 saturated heterocycles. The summed E-state index contributed by atoms with van der Waals surface area (Å²) in [6.07, 6.45) is 5.66. The molecule has 0 radical (unpaired) electrons. The van der Waals surface area contributed by atoms with Crippen molar-refractivity contribution >= 4 is 10.9 Å². The average molecular weight is 244 g/mol. The molecule has 1 heterocycles. The van der Waals surface area contributed by atoms with Crippen molar-refractivity contribution in [1.82, 2.24) is 9.78 Å². The van der Waals surface area contributed by atoms with Crippen molar-refractivity contribution in [3.63, 3.8) is 0 Å². The molecule has 1 aromatic heterocycles. The molecule has 1 aromatic carbocycles. The first-order valence-corrected chi connectivity index (χ1v) is 6.76. The molecule has 96 valence electrons. The van der Waals surface area contributed by atoms with E-state index in [1.54, 1.807) is 0 Å². The maximum atomic E-state index is 9.72. The molecule has 1 aliphatic rings. The highest BCUT2D eigenvalue weighted by Crippen LogP contribution is 2.41. The summed E-state index contributed by atoms with van der Waals surface area (Å²) in [5.41, 5.74) is 2.40. The number of rotatable bonds is 3. The molecular formula is C15H20N2O. The number of aromatic nitrogens is 2. The van der Waals surface area contributed by atoms with E-state index in [1.165, 1.54) is 23.7 Å². The van der Waals surface area contributed by atoms with Crippen LogP contribution in [0.25, 0.3) is 10.9 Å². The van der Waals surface area contributed by atoms with Gasteiger partial charge >= 0.3 is 0 Å². The molecular weight excluding hydrogens is 224 g/mol. The Morgan fingerprint density at radius 2 is 2.00 bits per heavy atom. The third-order valence-corrected chi connectivity index (χ3v) is 4.38. The van der Waals surface area contributed by atoms with E-state index in [1.807, 2.05) is 17.8 Å². The van der Waals surface area contributed by atoms with Gasteiger partial charge in [-0.15, -0.1) is 0 Å². The van der Waals surface area contributed by atoms with Gasteiger partial charge in [-0.25, -0.2) is 0 Å². The van der Waals surface area contributed by atoms with Crippen LogP contribution in [0.4, 0.5) is 0 Å². The first-order chi connectivity index (χ1) is 8.74. The number of aliphatic hydroxyl groups excluding tert-OH is 1. The molecule has 18 heavy (non-hydrogen) atoms. The van der Waals surface area contributed by atoms with Gasteiger partial charge in [-0.3, -0.25) is 4.68 Å². The third-order valence-electron chi connectivity index (χ3n) is 4.38. The Bertz CT molecular complexity index is 553. The smallest absolute Gasteiger partial charge is 0.0709 e. The molecule has 2 aromatic rings. The van der Waals surface area contributed by atoms with Crippen LogP contribution >= 0.6 is 0 Å². The lowest BCUT2D eigenvalue weighted by atomic mass is 9.82. The summed E-state index contributed by atoms with van der Waals surface area (Å²) < 4.78 is 1.95. The summed E-state index contributed by atoms with van der Waals surface area (Å²) in [5.74, 6) is 0. The van der Waals surface area contributed by atoms with Gasteiger partial charge in [0.25, 0.3) is 0 Å². The number of para-hydroxylation sites is 1. The van der Waals surface area contributed by atoms with Crippen molar-refractivity contribution < 1.29 is 5.11 Å². The Labute approximate surface area is 107 Å². The van der Waals surface area contributed by atoms with Gasteiger partial charge in [-0.1, -0.05) is 31.0 Å². The molecule has 3 rings (SSSR count). The SMILES string of the molecule is Cn1nc(CC2(CO)CCCC2)c2ccccc21. The van der Waals surface area contributed by atoms with Crippen LogP contribution in [0.5, 0.6) is 0 Å². The molecule has 0 spiro atoms. The first-order valence-electron chi connectivity index (χ1n) is 6.76. The van der Waals surface area contributed by atoms with Gasteiger partial charge in [-0.05, 0) is 30.7 Å². The highest BCUT2D eigenvalue weighted by atomic mass is 16.3. The van der Waals surface area contributed by atoms with Crippen molar-refractivity contribution in [2.24, 2.45) is 12.5 Å². The second-order valence-electron chi connectivity index (χ2n) is 5.63. The zero-order valence-corrected chi connectivity index (χ0v) is 10.9. The van der Waals surface area contributed by atoms with E-state index in [2.05, 4.69) is 23.3 Å². The van der Waals surface area contributed by atoms with Gasteiger partial charge < -0.3 is 5.11 Å². The highest BCUT2D eigenvalue weighted by molar-refractivity contribution is 5.81. The maximum Gasteiger partial charge on any atom is 0.0709 e. The van der Waals surface area contributed by atoms with Crippen LogP contribution in [0.3, 0.4) is 0 Å². The summed E-state index contributed by atoms with van der Waals surface area (Å²) in [5, 5.41) is 15.6. The van der Waals surface area contributed by atoms with E-state index in [9.17, 15) is 5.11 Å². The molecule has 1 fully saturated rings. The summed E-state index contributed by atoms with van der Waals surface area (Å²) >= 11 is 0. The highest BCUT2D eigenvalue weighted by Gasteiger charge is 2.34. The number of hydrogen-bond donors (Lipinski definition) is 1. The number of benzene rings is 1. The van der Waals surface area contributed by atoms with Gasteiger partial charge in [-0.2, -0.15) is 5.10 Å². The Morgan fingerprint density at radius 1 is 1.28 bits per heavy atom. The van der Waals surface area contributed by atoms with Crippen LogP contribution in [0.15, 0.2) is 24.3 Å². The molecule has 0 bridgehead atoms. The van der Waals surface area contributed by atoms with E-state index in [0.29, 0.717) is 0 Å². The average Bonchev–Trinajstić information content (AvgIpc) is 2.98. The molecule has 1 N–H and O–H groups in total. The Kier molecular flexibility index (Phi) is 2.86. The zero-order chi connectivity index (χ0) is 12.6. The molecule has 0 atom stereocenters. The van der Waals surface area contributed by atoms with Gasteiger partial charge in [0.1, 0.15) is 0 Å². The standard InChI is InChI=1S/C15H20N2O/c1-17-14-7-3-2-6-12(14)13(16-17)10-15(11-18)8-4-5-9-15/h2-3,6-7,18H,4-5,8-11H2,1H3. The molecule has 0 unspecified atom stereocenters. The van der Waals surface area contributed by atoms with Gasteiger partial charge in [0.2, 0.25) is 0 Å². The van der Waals surface area contributed by atoms with E-state index < -0.39 is 0 Å². The van der Waals surface area contributed by atoms with Crippen LogP contribution in [-0.2, 0) is 13.5 Å². The lowest BCUT2D eigenvalue weighted by Crippen LogP contribution is -2.24. The van der Waals surface area contributed by atoms with Crippen LogP contribution in [0.1, 0.15) is 31.4 Å². The van der Waals surface area contributed by atoms with Gasteiger partial charge in [0, 0.05) is 19.0 Å². The predicted octanol–water partition coefficient (Wildman–Crippen LogP) is 2.67. The second kappa shape index (κ2) is 4.39. The summed E-state index contributed by atoms with van der Waals surface area (Å²) in [6.45, 7) is 0.290. The number of hydrogen-bond acceptors (Lipinski definition) is 2. The lowest BCUT2D eigenvalue weighted by molar-refractivity contribution is 0.129. The van der Waals surface area contributed by atoms with Crippen molar-refractivity contribution in [3.05, 3.63) is 30.0 Å². The van der Waals surface area contributed by atoms with Crippen molar-refractivity contribution in [3.8, 4) is 0 Å². The zero-order valence-electron chi connectivity index (χ0n) is 10.9. The van der Waals surface area contributed by atoms with Crippen LogP contribution in [-0.4, -0.2) is 21.5 Å². The first kappa shape index (κ1) is 11.7. The van der Waals surface area contributed by atoms with Gasteiger partial charge in [0.05, 0.1) is 11.2 Å². The Hall–Kier alpha value is -1.35. The quantitative estimate of drug-likeness (QED) is 0.901. The minimum absolute atomic E-state index is 0.0805. The molecule has 1 aliphatic carbocycles. The fourth-order valence-corrected chi connectivity index (χ4v) is 3.29. The Balaban J connectivity index is 1.99. The lowest BCUT2D eigenvalue weighted by Gasteiger charge is -2.25. The molecule has 1 saturated carbocycles. The fourth-order valence-electron chi connectivity index (χ4n) is 3.29. The topological polar surface area (TPSA) is 38.0 Å². The van der Waals surface area contributed by atoms with Crippen LogP contribution in [0.2, 0.25) is 0 Å².